The maximum Gasteiger partial charge on any atom is 0.419 e. The number of likely N-dealkylation sites (N-methyl/N-ethyl adjacent to an activating group) is 1. The van der Waals surface area contributed by atoms with Gasteiger partial charge in [0.1, 0.15) is 17.6 Å². The molecule has 5 nitrogen and oxygen atoms in total. The first-order valence-electron chi connectivity index (χ1n) is 11.9. The van der Waals surface area contributed by atoms with Gasteiger partial charge in [-0.3, -0.25) is 9.69 Å². The lowest BCUT2D eigenvalue weighted by molar-refractivity contribution is -0.138. The molecule has 1 aliphatic carbocycles. The lowest BCUT2D eigenvalue weighted by Crippen LogP contribution is -2.49. The summed E-state index contributed by atoms with van der Waals surface area (Å²) >= 11 is 0. The molecule has 1 saturated heterocycles. The number of carbonyl (C=O) groups is 1. The second-order valence-electron chi connectivity index (χ2n) is 9.21. The molecule has 1 amide bonds. The molecule has 0 aromatic heterocycles. The number of nitrogens with one attached hydrogen (secondary N) is 1. The van der Waals surface area contributed by atoms with Crippen molar-refractivity contribution in [1.29, 1.82) is 0 Å². The van der Waals surface area contributed by atoms with Crippen LogP contribution >= 0.6 is 0 Å². The first kappa shape index (κ1) is 25.4. The van der Waals surface area contributed by atoms with Gasteiger partial charge in [0.15, 0.2) is 0 Å². The number of benzene rings is 2. The van der Waals surface area contributed by atoms with Gasteiger partial charge in [0.25, 0.3) is 0 Å². The van der Waals surface area contributed by atoms with E-state index in [2.05, 4.69) is 5.32 Å². The van der Waals surface area contributed by atoms with Crippen LogP contribution in [0.5, 0.6) is 5.75 Å². The van der Waals surface area contributed by atoms with Crippen molar-refractivity contribution in [2.24, 2.45) is 0 Å². The van der Waals surface area contributed by atoms with Crippen molar-refractivity contribution in [3.05, 3.63) is 64.0 Å². The number of halogens is 4. The van der Waals surface area contributed by atoms with E-state index in [4.69, 9.17) is 4.74 Å². The van der Waals surface area contributed by atoms with Crippen LogP contribution < -0.4 is 10.1 Å². The highest BCUT2D eigenvalue weighted by Gasteiger charge is 2.38. The van der Waals surface area contributed by atoms with Crippen LogP contribution in [0.4, 0.5) is 17.6 Å². The Morgan fingerprint density at radius 2 is 1.80 bits per heavy atom. The standard InChI is InChI=1S/C26H31F4N3O2/c1-32(25(34)23(33-13-11-31-12-14-33)17-7-9-19(27)10-8-17)16-21-20-6-4-3-5-18(20)15-22(24(21)35-2)26(28,29)30/h7-10,15,23,31H,3-6,11-14,16H2,1-2H3. The summed E-state index contributed by atoms with van der Waals surface area (Å²) in [4.78, 5) is 17.3. The Bertz CT molecular complexity index is 1050. The zero-order valence-electron chi connectivity index (χ0n) is 20.1. The summed E-state index contributed by atoms with van der Waals surface area (Å²) in [6.07, 6.45) is -1.62. The number of ether oxygens (including phenoxy) is 1. The van der Waals surface area contributed by atoms with Crippen LogP contribution in [0.2, 0.25) is 0 Å². The van der Waals surface area contributed by atoms with Crippen molar-refractivity contribution in [3.63, 3.8) is 0 Å². The van der Waals surface area contributed by atoms with E-state index in [1.807, 2.05) is 4.90 Å². The molecule has 0 spiro atoms. The van der Waals surface area contributed by atoms with Crippen LogP contribution in [-0.4, -0.2) is 56.0 Å². The summed E-state index contributed by atoms with van der Waals surface area (Å²) in [5.41, 5.74) is 1.81. The van der Waals surface area contributed by atoms with Crippen LogP contribution in [0.3, 0.4) is 0 Å². The monoisotopic (exact) mass is 493 g/mol. The second-order valence-corrected chi connectivity index (χ2v) is 9.21. The van der Waals surface area contributed by atoms with E-state index in [0.717, 1.165) is 18.4 Å². The first-order chi connectivity index (χ1) is 16.7. The van der Waals surface area contributed by atoms with E-state index in [-0.39, 0.29) is 18.2 Å². The molecule has 9 heteroatoms. The number of piperazine rings is 1. The Balaban J connectivity index is 1.71. The summed E-state index contributed by atoms with van der Waals surface area (Å²) in [7, 11) is 2.85. The molecule has 2 aliphatic rings. The van der Waals surface area contributed by atoms with Gasteiger partial charge in [-0.25, -0.2) is 4.39 Å². The molecule has 0 saturated carbocycles. The molecule has 1 unspecified atom stereocenters. The fourth-order valence-electron chi connectivity index (χ4n) is 5.20. The van der Waals surface area contributed by atoms with Crippen LogP contribution in [-0.2, 0) is 30.4 Å². The number of aryl methyl sites for hydroxylation is 1. The number of alkyl halides is 3. The topological polar surface area (TPSA) is 44.8 Å². The molecule has 1 atom stereocenters. The minimum atomic E-state index is -4.56. The highest BCUT2D eigenvalue weighted by Crippen LogP contribution is 2.43. The molecule has 1 N–H and O–H groups in total. The molecule has 1 heterocycles. The summed E-state index contributed by atoms with van der Waals surface area (Å²) in [5, 5.41) is 3.26. The molecule has 0 radical (unpaired) electrons. The van der Waals surface area contributed by atoms with Gasteiger partial charge in [-0.15, -0.1) is 0 Å². The largest absolute Gasteiger partial charge is 0.496 e. The van der Waals surface area contributed by atoms with Gasteiger partial charge < -0.3 is 15.0 Å². The van der Waals surface area contributed by atoms with Crippen molar-refractivity contribution in [2.75, 3.05) is 40.3 Å². The lowest BCUT2D eigenvalue weighted by atomic mass is 9.85. The van der Waals surface area contributed by atoms with Crippen LogP contribution in [0.25, 0.3) is 0 Å². The number of hydrogen-bond donors (Lipinski definition) is 1. The molecule has 1 aliphatic heterocycles. The van der Waals surface area contributed by atoms with E-state index in [0.29, 0.717) is 55.7 Å². The third-order valence-corrected chi connectivity index (χ3v) is 6.93. The van der Waals surface area contributed by atoms with E-state index in [9.17, 15) is 22.4 Å². The predicted molar refractivity (Wildman–Crippen MR) is 125 cm³/mol. The minimum absolute atomic E-state index is 0.00194. The van der Waals surface area contributed by atoms with Gasteiger partial charge in [-0.2, -0.15) is 13.2 Å². The zero-order valence-corrected chi connectivity index (χ0v) is 20.1. The molecule has 190 valence electrons. The Morgan fingerprint density at radius 1 is 1.14 bits per heavy atom. The first-order valence-corrected chi connectivity index (χ1v) is 11.9. The smallest absolute Gasteiger partial charge is 0.419 e. The van der Waals surface area contributed by atoms with Crippen molar-refractivity contribution in [1.82, 2.24) is 15.1 Å². The number of nitrogens with zero attached hydrogens (tertiary/aromatic N) is 2. The second kappa shape index (κ2) is 10.5. The van der Waals surface area contributed by atoms with E-state index < -0.39 is 23.6 Å². The Hall–Kier alpha value is -2.65. The predicted octanol–water partition coefficient (Wildman–Crippen LogP) is 4.34. The zero-order chi connectivity index (χ0) is 25.2. The molecule has 1 fully saturated rings. The normalized spacial score (nSPS) is 17.5. The molecule has 0 bridgehead atoms. The number of rotatable bonds is 6. The van der Waals surface area contributed by atoms with Gasteiger partial charge in [0.2, 0.25) is 5.91 Å². The third-order valence-electron chi connectivity index (χ3n) is 6.93. The summed E-state index contributed by atoms with van der Waals surface area (Å²) in [5.74, 6) is -0.852. The van der Waals surface area contributed by atoms with E-state index >= 15 is 0 Å². The van der Waals surface area contributed by atoms with Gasteiger partial charge >= 0.3 is 6.18 Å². The fourth-order valence-corrected chi connectivity index (χ4v) is 5.20. The number of amides is 1. The number of methoxy groups -OCH3 is 1. The van der Waals surface area contributed by atoms with Crippen LogP contribution in [0, 0.1) is 5.82 Å². The molecular formula is C26H31F4N3O2. The Morgan fingerprint density at radius 3 is 2.43 bits per heavy atom. The molecule has 2 aromatic carbocycles. The molecule has 35 heavy (non-hydrogen) atoms. The summed E-state index contributed by atoms with van der Waals surface area (Å²) in [6.45, 7) is 2.68. The molecule has 4 rings (SSSR count). The van der Waals surface area contributed by atoms with Gasteiger partial charge in [0, 0.05) is 45.3 Å². The van der Waals surface area contributed by atoms with Crippen molar-refractivity contribution in [3.8, 4) is 5.75 Å². The Kier molecular flexibility index (Phi) is 7.66. The van der Waals surface area contributed by atoms with E-state index in [1.54, 1.807) is 19.2 Å². The maximum atomic E-state index is 13.9. The van der Waals surface area contributed by atoms with Gasteiger partial charge in [-0.05, 0) is 60.6 Å². The quantitative estimate of drug-likeness (QED) is 0.609. The summed E-state index contributed by atoms with van der Waals surface area (Å²) < 4.78 is 60.6. The van der Waals surface area contributed by atoms with Crippen molar-refractivity contribution in [2.45, 2.75) is 44.4 Å². The van der Waals surface area contributed by atoms with Gasteiger partial charge in [-0.1, -0.05) is 12.1 Å². The molecular weight excluding hydrogens is 462 g/mol. The van der Waals surface area contributed by atoms with Crippen LogP contribution in [0.1, 0.15) is 46.7 Å². The minimum Gasteiger partial charge on any atom is -0.496 e. The highest BCUT2D eigenvalue weighted by molar-refractivity contribution is 5.83. The fraction of sp³-hybridized carbons (Fsp3) is 0.500. The SMILES string of the molecule is COc1c(C(F)(F)F)cc2c(c1CN(C)C(=O)C(c1ccc(F)cc1)N1CCNCC1)CCCC2. The van der Waals surface area contributed by atoms with E-state index in [1.165, 1.54) is 30.2 Å². The molecule has 2 aromatic rings. The maximum absolute atomic E-state index is 13.9. The highest BCUT2D eigenvalue weighted by atomic mass is 19.4. The number of fused-ring (bicyclic) bond motifs is 1. The summed E-state index contributed by atoms with van der Waals surface area (Å²) in [6, 6.07) is 6.39. The number of carbonyl (C=O) groups excluding carboxylic acids is 1. The van der Waals surface area contributed by atoms with Crippen molar-refractivity contribution >= 4 is 5.91 Å². The third kappa shape index (κ3) is 5.46. The Labute approximate surface area is 203 Å². The van der Waals surface area contributed by atoms with Crippen LogP contribution in [0.15, 0.2) is 30.3 Å². The lowest BCUT2D eigenvalue weighted by Gasteiger charge is -2.36. The average molecular weight is 494 g/mol. The van der Waals surface area contributed by atoms with Gasteiger partial charge in [0.05, 0.1) is 12.7 Å². The van der Waals surface area contributed by atoms with Crippen molar-refractivity contribution < 1.29 is 27.1 Å². The average Bonchev–Trinajstić information content (AvgIpc) is 2.85. The number of hydrogen-bond acceptors (Lipinski definition) is 4.